The number of allylic oxidation sites excluding steroid dienone is 1. The van der Waals surface area contributed by atoms with Gasteiger partial charge < -0.3 is 4.90 Å². The number of amides is 1. The Hall–Kier alpha value is -1.09. The molecular formula is C14H18BrNO. The van der Waals surface area contributed by atoms with Gasteiger partial charge in [0.1, 0.15) is 0 Å². The van der Waals surface area contributed by atoms with E-state index in [4.69, 9.17) is 0 Å². The average molecular weight is 296 g/mol. The van der Waals surface area contributed by atoms with E-state index in [0.29, 0.717) is 6.54 Å². The Bertz CT molecular complexity index is 448. The van der Waals surface area contributed by atoms with Crippen LogP contribution in [-0.4, -0.2) is 12.5 Å². The molecule has 0 heterocycles. The van der Waals surface area contributed by atoms with Crippen molar-refractivity contribution in [2.75, 3.05) is 11.4 Å². The van der Waals surface area contributed by atoms with Gasteiger partial charge >= 0.3 is 0 Å². The Morgan fingerprint density at radius 1 is 1.35 bits per heavy atom. The number of benzene rings is 1. The first-order valence-corrected chi connectivity index (χ1v) is 6.38. The van der Waals surface area contributed by atoms with E-state index in [1.165, 1.54) is 5.57 Å². The van der Waals surface area contributed by atoms with E-state index in [2.05, 4.69) is 22.0 Å². The molecule has 3 heteroatoms. The molecule has 0 aliphatic carbocycles. The van der Waals surface area contributed by atoms with Crippen LogP contribution in [0.4, 0.5) is 5.69 Å². The lowest BCUT2D eigenvalue weighted by Crippen LogP contribution is -2.28. The zero-order valence-electron chi connectivity index (χ0n) is 10.7. The Kier molecular flexibility index (Phi) is 4.94. The molecule has 0 N–H and O–H groups in total. The summed E-state index contributed by atoms with van der Waals surface area (Å²) in [7, 11) is 0. The molecule has 1 aromatic carbocycles. The van der Waals surface area contributed by atoms with Crippen molar-refractivity contribution in [3.63, 3.8) is 0 Å². The Balaban J connectivity index is 3.01. The van der Waals surface area contributed by atoms with Crippen LogP contribution in [0.25, 0.3) is 0 Å². The molecule has 0 spiro atoms. The van der Waals surface area contributed by atoms with Crippen LogP contribution in [0.15, 0.2) is 34.3 Å². The summed E-state index contributed by atoms with van der Waals surface area (Å²) in [6, 6.07) is 5.95. The van der Waals surface area contributed by atoms with Crippen molar-refractivity contribution >= 4 is 27.5 Å². The maximum atomic E-state index is 11.6. The summed E-state index contributed by atoms with van der Waals surface area (Å²) in [6.07, 6.45) is 2.05. The van der Waals surface area contributed by atoms with Gasteiger partial charge in [0.15, 0.2) is 0 Å². The third-order valence-electron chi connectivity index (χ3n) is 2.52. The average Bonchev–Trinajstić information content (AvgIpc) is 2.22. The Labute approximate surface area is 111 Å². The Morgan fingerprint density at radius 2 is 2.00 bits per heavy atom. The molecular weight excluding hydrogens is 278 g/mol. The lowest BCUT2D eigenvalue weighted by molar-refractivity contribution is -0.116. The highest BCUT2D eigenvalue weighted by Crippen LogP contribution is 2.23. The first-order chi connectivity index (χ1) is 7.91. The van der Waals surface area contributed by atoms with E-state index in [-0.39, 0.29) is 5.91 Å². The van der Waals surface area contributed by atoms with Gasteiger partial charge in [0.2, 0.25) is 5.91 Å². The molecule has 1 amide bonds. The predicted octanol–water partition coefficient (Wildman–Crippen LogP) is 4.08. The second kappa shape index (κ2) is 6.01. The predicted molar refractivity (Wildman–Crippen MR) is 76.3 cm³/mol. The number of hydrogen-bond donors (Lipinski definition) is 0. The van der Waals surface area contributed by atoms with Crippen LogP contribution >= 0.6 is 15.9 Å². The largest absolute Gasteiger partial charge is 0.309 e. The number of aryl methyl sites for hydroxylation is 1. The van der Waals surface area contributed by atoms with Gasteiger partial charge in [0, 0.05) is 23.6 Å². The smallest absolute Gasteiger partial charge is 0.224 e. The summed E-state index contributed by atoms with van der Waals surface area (Å²) in [4.78, 5) is 13.4. The fourth-order valence-corrected chi connectivity index (χ4v) is 1.73. The van der Waals surface area contributed by atoms with E-state index in [0.717, 1.165) is 15.7 Å². The molecule has 92 valence electrons. The molecule has 1 rings (SSSR count). The van der Waals surface area contributed by atoms with Crippen LogP contribution in [0.3, 0.4) is 0 Å². The third-order valence-corrected chi connectivity index (χ3v) is 3.41. The molecule has 17 heavy (non-hydrogen) atoms. The van der Waals surface area contributed by atoms with Gasteiger partial charge in [-0.3, -0.25) is 4.79 Å². The topological polar surface area (TPSA) is 20.3 Å². The van der Waals surface area contributed by atoms with Crippen molar-refractivity contribution in [2.24, 2.45) is 0 Å². The van der Waals surface area contributed by atoms with E-state index < -0.39 is 0 Å². The fourth-order valence-electron chi connectivity index (χ4n) is 1.49. The number of rotatable bonds is 3. The molecule has 2 nitrogen and oxygen atoms in total. The van der Waals surface area contributed by atoms with E-state index >= 15 is 0 Å². The van der Waals surface area contributed by atoms with Crippen LogP contribution in [0.5, 0.6) is 0 Å². The molecule has 0 unspecified atom stereocenters. The van der Waals surface area contributed by atoms with E-state index in [1.54, 1.807) is 11.8 Å². The van der Waals surface area contributed by atoms with Crippen molar-refractivity contribution < 1.29 is 4.79 Å². The first-order valence-electron chi connectivity index (χ1n) is 5.59. The highest BCUT2D eigenvalue weighted by Gasteiger charge is 2.10. The van der Waals surface area contributed by atoms with Crippen LogP contribution in [0.1, 0.15) is 26.3 Å². The van der Waals surface area contributed by atoms with Crippen molar-refractivity contribution in [1.29, 1.82) is 0 Å². The van der Waals surface area contributed by atoms with Crippen LogP contribution in [-0.2, 0) is 4.79 Å². The fraction of sp³-hybridized carbons (Fsp3) is 0.357. The third kappa shape index (κ3) is 4.00. The quantitative estimate of drug-likeness (QED) is 0.770. The summed E-state index contributed by atoms with van der Waals surface area (Å²) < 4.78 is 1.06. The zero-order valence-corrected chi connectivity index (χ0v) is 12.3. The molecule has 1 aromatic rings. The van der Waals surface area contributed by atoms with Gasteiger partial charge in [0.05, 0.1) is 0 Å². The zero-order chi connectivity index (χ0) is 13.0. The molecule has 0 aromatic heterocycles. The minimum atomic E-state index is 0.0595. The number of hydrogen-bond acceptors (Lipinski definition) is 1. The van der Waals surface area contributed by atoms with Gasteiger partial charge in [-0.25, -0.2) is 0 Å². The van der Waals surface area contributed by atoms with Gasteiger partial charge in [-0.05, 0) is 44.5 Å². The minimum Gasteiger partial charge on any atom is -0.309 e. The van der Waals surface area contributed by atoms with Crippen LogP contribution in [0.2, 0.25) is 0 Å². The monoisotopic (exact) mass is 295 g/mol. The number of anilines is 1. The second-order valence-electron chi connectivity index (χ2n) is 4.34. The molecule has 0 radical (unpaired) electrons. The number of carbonyl (C=O) groups excluding carboxylic acids is 1. The van der Waals surface area contributed by atoms with Crippen LogP contribution < -0.4 is 4.90 Å². The summed E-state index contributed by atoms with van der Waals surface area (Å²) in [5, 5.41) is 0. The van der Waals surface area contributed by atoms with E-state index in [9.17, 15) is 4.79 Å². The first kappa shape index (κ1) is 14.0. The molecule has 0 aliphatic heterocycles. The molecule has 0 fully saturated rings. The maximum absolute atomic E-state index is 11.6. The van der Waals surface area contributed by atoms with Crippen molar-refractivity contribution in [1.82, 2.24) is 0 Å². The molecule has 0 aliphatic rings. The highest BCUT2D eigenvalue weighted by molar-refractivity contribution is 9.10. The van der Waals surface area contributed by atoms with Crippen molar-refractivity contribution in [3.05, 3.63) is 39.9 Å². The van der Waals surface area contributed by atoms with Crippen LogP contribution in [0, 0.1) is 6.92 Å². The molecule has 0 saturated heterocycles. The summed E-state index contributed by atoms with van der Waals surface area (Å²) >= 11 is 3.46. The summed E-state index contributed by atoms with van der Waals surface area (Å²) in [6.45, 7) is 8.30. The lowest BCUT2D eigenvalue weighted by Gasteiger charge is -2.20. The normalized spacial score (nSPS) is 9.94. The minimum absolute atomic E-state index is 0.0595. The molecule has 0 saturated carbocycles. The van der Waals surface area contributed by atoms with Crippen molar-refractivity contribution in [2.45, 2.75) is 27.7 Å². The van der Waals surface area contributed by atoms with Gasteiger partial charge in [-0.1, -0.05) is 27.6 Å². The van der Waals surface area contributed by atoms with Gasteiger partial charge in [-0.2, -0.15) is 0 Å². The summed E-state index contributed by atoms with van der Waals surface area (Å²) in [5.74, 6) is 0.0595. The van der Waals surface area contributed by atoms with Gasteiger partial charge in [0.25, 0.3) is 0 Å². The SMILES string of the molecule is CC(=O)N(CC=C(C)C)c1ccc(Br)c(C)c1. The van der Waals surface area contributed by atoms with E-state index in [1.807, 2.05) is 39.0 Å². The highest BCUT2D eigenvalue weighted by atomic mass is 79.9. The number of halogens is 1. The molecule has 0 bridgehead atoms. The van der Waals surface area contributed by atoms with Crippen molar-refractivity contribution in [3.8, 4) is 0 Å². The standard InChI is InChI=1S/C14H18BrNO/c1-10(2)7-8-16(12(4)17)13-5-6-14(15)11(3)9-13/h5-7,9H,8H2,1-4H3. The summed E-state index contributed by atoms with van der Waals surface area (Å²) in [5.41, 5.74) is 3.28. The van der Waals surface area contributed by atoms with Gasteiger partial charge in [-0.15, -0.1) is 0 Å². The molecule has 0 atom stereocenters. The number of carbonyl (C=O) groups is 1. The second-order valence-corrected chi connectivity index (χ2v) is 5.20. The maximum Gasteiger partial charge on any atom is 0.224 e. The lowest BCUT2D eigenvalue weighted by atomic mass is 10.2. The number of nitrogens with zero attached hydrogens (tertiary/aromatic N) is 1. The Morgan fingerprint density at radius 3 is 2.47 bits per heavy atom.